The van der Waals surface area contributed by atoms with E-state index < -0.39 is 46.9 Å². The van der Waals surface area contributed by atoms with Gasteiger partial charge in [-0.3, -0.25) is 0 Å². The van der Waals surface area contributed by atoms with Gasteiger partial charge >= 0.3 is 127 Å². The van der Waals surface area contributed by atoms with Gasteiger partial charge in [0.2, 0.25) is 0 Å². The normalized spacial score (nSPS) is 9.52. The van der Waals surface area contributed by atoms with Crippen molar-refractivity contribution in [3.05, 3.63) is 50.6 Å². The van der Waals surface area contributed by atoms with Gasteiger partial charge in [-0.2, -0.15) is 0 Å². The first-order valence-electron chi connectivity index (χ1n) is 5.24. The van der Waals surface area contributed by atoms with Crippen LogP contribution >= 0.6 is 0 Å². The Morgan fingerprint density at radius 1 is 0.571 bits per heavy atom. The van der Waals surface area contributed by atoms with Crippen molar-refractivity contribution in [3.8, 4) is 0 Å². The molecule has 0 aliphatic rings. The molecule has 0 atom stereocenters. The Kier molecular flexibility index (Phi) is 7.90. The number of carbonyl (C=O) groups is 4. The minimum atomic E-state index is -5.85. The molecule has 0 aliphatic carbocycles. The van der Waals surface area contributed by atoms with E-state index in [0.29, 0.717) is 24.3 Å². The molecule has 0 radical (unpaired) electrons. The molecule has 0 aromatic rings. The summed E-state index contributed by atoms with van der Waals surface area (Å²) in [6.07, 6.45) is 2.83. The number of hydrogen-bond donors (Lipinski definition) is 0. The van der Waals surface area contributed by atoms with E-state index in [9.17, 15) is 19.2 Å². The Hall–Kier alpha value is -2.24. The zero-order valence-corrected chi connectivity index (χ0v) is 14.8. The summed E-state index contributed by atoms with van der Waals surface area (Å²) in [7, 11) is 0. The van der Waals surface area contributed by atoms with Crippen LogP contribution in [0, 0.1) is 0 Å². The average Bonchev–Trinajstić information content (AvgIpc) is 2.46. The first kappa shape index (κ1) is 18.8. The molecule has 0 aromatic heterocycles. The van der Waals surface area contributed by atoms with Crippen molar-refractivity contribution in [2.75, 3.05) is 0 Å². The van der Waals surface area contributed by atoms with E-state index in [-0.39, 0.29) is 0 Å². The van der Waals surface area contributed by atoms with Crippen molar-refractivity contribution >= 4 is 46.9 Å². The molecule has 21 heavy (non-hydrogen) atoms. The summed E-state index contributed by atoms with van der Waals surface area (Å²) in [4.78, 5) is 45.2. The molecular formula is C12H12O8Pb. The van der Waals surface area contributed by atoms with Gasteiger partial charge < -0.3 is 0 Å². The molecule has 0 rings (SSSR count). The zero-order chi connectivity index (χ0) is 16.5. The number of hydrogen-bond acceptors (Lipinski definition) is 8. The maximum absolute atomic E-state index is 11.3. The average molecular weight is 491 g/mol. The van der Waals surface area contributed by atoms with Crippen molar-refractivity contribution in [2.45, 2.75) is 0 Å². The monoisotopic (exact) mass is 492 g/mol. The van der Waals surface area contributed by atoms with Crippen molar-refractivity contribution in [1.82, 2.24) is 0 Å². The molecule has 0 aliphatic heterocycles. The van der Waals surface area contributed by atoms with Crippen molar-refractivity contribution in [3.63, 3.8) is 0 Å². The third-order valence-corrected chi connectivity index (χ3v) is 8.58. The molecule has 0 saturated carbocycles. The summed E-state index contributed by atoms with van der Waals surface area (Å²) in [5.41, 5.74) is 0. The number of carbonyl (C=O) groups excluding carboxylic acids is 4. The Labute approximate surface area is 127 Å². The molecular weight excluding hydrogens is 479 g/mol. The van der Waals surface area contributed by atoms with Gasteiger partial charge in [-0.15, -0.1) is 0 Å². The van der Waals surface area contributed by atoms with Crippen LogP contribution in [-0.4, -0.2) is 46.9 Å². The standard InChI is InChI=1S/4C3H4O2.Pb/c4*1-2-3(4)5;/h4*2H,1H2,(H,4,5);/q;;;;+4/p-4. The van der Waals surface area contributed by atoms with E-state index in [1.54, 1.807) is 0 Å². The third kappa shape index (κ3) is 6.65. The molecule has 0 spiro atoms. The predicted molar refractivity (Wildman–Crippen MR) is 70.9 cm³/mol. The first-order valence-corrected chi connectivity index (χ1v) is 11.6. The van der Waals surface area contributed by atoms with Crippen LogP contribution < -0.4 is 0 Å². The Morgan fingerprint density at radius 3 is 0.905 bits per heavy atom. The molecule has 112 valence electrons. The number of rotatable bonds is 8. The predicted octanol–water partition coefficient (Wildman–Crippen LogP) is 0.339. The molecule has 0 aromatic carbocycles. The summed E-state index contributed by atoms with van der Waals surface area (Å²) < 4.78 is 18.8. The van der Waals surface area contributed by atoms with Gasteiger partial charge in [-0.05, 0) is 0 Å². The summed E-state index contributed by atoms with van der Waals surface area (Å²) in [6.45, 7) is 12.5. The van der Waals surface area contributed by atoms with E-state index in [1.165, 1.54) is 0 Å². The van der Waals surface area contributed by atoms with Gasteiger partial charge in [0.1, 0.15) is 0 Å². The fraction of sp³-hybridized carbons (Fsp3) is 0. The second-order valence-electron chi connectivity index (χ2n) is 3.00. The molecule has 0 amide bonds. The fourth-order valence-electron chi connectivity index (χ4n) is 0.784. The van der Waals surface area contributed by atoms with Crippen LogP contribution in [0.1, 0.15) is 0 Å². The molecule has 0 bridgehead atoms. The van der Waals surface area contributed by atoms with E-state index in [2.05, 4.69) is 26.3 Å². The second kappa shape index (κ2) is 8.84. The van der Waals surface area contributed by atoms with Gasteiger partial charge in [0, 0.05) is 0 Å². The Morgan fingerprint density at radius 2 is 0.762 bits per heavy atom. The molecule has 0 fully saturated rings. The Balaban J connectivity index is 5.63. The van der Waals surface area contributed by atoms with Gasteiger partial charge in [0.15, 0.2) is 0 Å². The summed E-state index contributed by atoms with van der Waals surface area (Å²) in [5, 5.41) is 0. The van der Waals surface area contributed by atoms with E-state index >= 15 is 0 Å². The molecule has 8 nitrogen and oxygen atoms in total. The van der Waals surface area contributed by atoms with E-state index in [4.69, 9.17) is 10.7 Å². The fourth-order valence-corrected chi connectivity index (χ4v) is 6.88. The topological polar surface area (TPSA) is 105 Å². The van der Waals surface area contributed by atoms with Crippen LogP contribution in [0.5, 0.6) is 0 Å². The summed E-state index contributed by atoms with van der Waals surface area (Å²) in [5.74, 6) is -4.44. The quantitative estimate of drug-likeness (QED) is 0.354. The summed E-state index contributed by atoms with van der Waals surface area (Å²) >= 11 is -5.85. The molecule has 0 unspecified atom stereocenters. The van der Waals surface area contributed by atoms with Crippen molar-refractivity contribution in [1.29, 1.82) is 0 Å². The second-order valence-corrected chi connectivity index (χ2v) is 10.1. The van der Waals surface area contributed by atoms with Gasteiger partial charge in [0.25, 0.3) is 0 Å². The molecule has 9 heteroatoms. The Bertz CT molecular complexity index is 414. The summed E-state index contributed by atoms with van der Waals surface area (Å²) in [6, 6.07) is 0. The molecule has 0 N–H and O–H groups in total. The molecule has 0 saturated heterocycles. The minimum absolute atomic E-state index is 0.708. The SMILES string of the molecule is C=CC(=O)[O][Pb]([O]C(=O)C=C)([O]C(=O)C=C)[O]C(=O)C=C. The van der Waals surface area contributed by atoms with Crippen LogP contribution in [0.15, 0.2) is 50.6 Å². The van der Waals surface area contributed by atoms with E-state index in [1.807, 2.05) is 0 Å². The van der Waals surface area contributed by atoms with Crippen LogP contribution in [0.2, 0.25) is 0 Å². The van der Waals surface area contributed by atoms with Crippen LogP contribution in [0.3, 0.4) is 0 Å². The zero-order valence-electron chi connectivity index (χ0n) is 10.9. The van der Waals surface area contributed by atoms with Crippen molar-refractivity contribution < 1.29 is 29.9 Å². The first-order chi connectivity index (χ1) is 9.82. The van der Waals surface area contributed by atoms with Gasteiger partial charge in [-0.1, -0.05) is 0 Å². The maximum atomic E-state index is 11.3. The van der Waals surface area contributed by atoms with Crippen molar-refractivity contribution in [2.24, 2.45) is 0 Å². The molecule has 0 heterocycles. The van der Waals surface area contributed by atoms with Gasteiger partial charge in [0.05, 0.1) is 0 Å². The third-order valence-electron chi connectivity index (χ3n) is 1.57. The van der Waals surface area contributed by atoms with Gasteiger partial charge in [-0.25, -0.2) is 0 Å². The van der Waals surface area contributed by atoms with Crippen LogP contribution in [0.4, 0.5) is 0 Å². The van der Waals surface area contributed by atoms with E-state index in [0.717, 1.165) is 0 Å². The van der Waals surface area contributed by atoms with Crippen LogP contribution in [0.25, 0.3) is 0 Å². The van der Waals surface area contributed by atoms with Crippen LogP contribution in [-0.2, 0) is 29.9 Å².